The van der Waals surface area contributed by atoms with Gasteiger partial charge in [0, 0.05) is 8.95 Å². The topological polar surface area (TPSA) is 29.5 Å². The lowest BCUT2D eigenvalue weighted by Crippen LogP contribution is -1.93. The Hall–Kier alpha value is -0.840. The molecule has 94 valence electrons. The fourth-order valence-corrected chi connectivity index (χ4v) is 2.50. The van der Waals surface area contributed by atoms with E-state index in [0.29, 0.717) is 0 Å². The first-order valence-corrected chi connectivity index (χ1v) is 7.06. The minimum absolute atomic E-state index is 0.499. The molecule has 0 aliphatic rings. The van der Waals surface area contributed by atoms with Crippen molar-refractivity contribution in [1.29, 1.82) is 0 Å². The molecule has 2 rings (SSSR count). The van der Waals surface area contributed by atoms with E-state index in [4.69, 9.17) is 4.74 Å². The number of aliphatic hydroxyl groups excluding tert-OH is 1. The number of hydrogen-bond acceptors (Lipinski definition) is 2. The standard InChI is InChI=1S/C14H12Br2O2/c1-9(17)13-7-6-12(8-14(13)16)18-11-4-2-10(15)3-5-11/h2-9,17H,1H3/t9-/m1/s1. The van der Waals surface area contributed by atoms with Crippen molar-refractivity contribution in [2.45, 2.75) is 13.0 Å². The van der Waals surface area contributed by atoms with Crippen LogP contribution in [0.25, 0.3) is 0 Å². The summed E-state index contributed by atoms with van der Waals surface area (Å²) in [6, 6.07) is 13.2. The van der Waals surface area contributed by atoms with Crippen LogP contribution in [-0.2, 0) is 0 Å². The zero-order valence-electron chi connectivity index (χ0n) is 9.73. The van der Waals surface area contributed by atoms with E-state index in [2.05, 4.69) is 31.9 Å². The van der Waals surface area contributed by atoms with E-state index >= 15 is 0 Å². The van der Waals surface area contributed by atoms with E-state index in [-0.39, 0.29) is 0 Å². The molecule has 0 fully saturated rings. The van der Waals surface area contributed by atoms with Gasteiger partial charge < -0.3 is 9.84 Å². The van der Waals surface area contributed by atoms with Gasteiger partial charge in [0.15, 0.2) is 0 Å². The van der Waals surface area contributed by atoms with E-state index in [1.165, 1.54) is 0 Å². The van der Waals surface area contributed by atoms with Crippen molar-refractivity contribution in [3.8, 4) is 11.5 Å². The fraction of sp³-hybridized carbons (Fsp3) is 0.143. The van der Waals surface area contributed by atoms with Gasteiger partial charge in [0.25, 0.3) is 0 Å². The molecular formula is C14H12Br2O2. The Labute approximate surface area is 123 Å². The van der Waals surface area contributed by atoms with Gasteiger partial charge in [-0.1, -0.05) is 37.9 Å². The van der Waals surface area contributed by atoms with Crippen molar-refractivity contribution in [2.24, 2.45) is 0 Å². The van der Waals surface area contributed by atoms with Crippen LogP contribution >= 0.6 is 31.9 Å². The molecular weight excluding hydrogens is 360 g/mol. The summed E-state index contributed by atoms with van der Waals surface area (Å²) in [5, 5.41) is 9.54. The van der Waals surface area contributed by atoms with Crippen LogP contribution in [-0.4, -0.2) is 5.11 Å². The molecule has 0 amide bonds. The molecule has 1 N–H and O–H groups in total. The summed E-state index contributed by atoms with van der Waals surface area (Å²) < 4.78 is 7.57. The molecule has 2 aromatic rings. The highest BCUT2D eigenvalue weighted by Gasteiger charge is 2.07. The van der Waals surface area contributed by atoms with Crippen molar-refractivity contribution >= 4 is 31.9 Å². The van der Waals surface area contributed by atoms with Gasteiger partial charge in [0.05, 0.1) is 6.10 Å². The zero-order chi connectivity index (χ0) is 13.1. The van der Waals surface area contributed by atoms with Gasteiger partial charge >= 0.3 is 0 Å². The third-order valence-corrected chi connectivity index (χ3v) is 3.69. The highest BCUT2D eigenvalue weighted by molar-refractivity contribution is 9.10. The Bertz CT molecular complexity index is 536. The van der Waals surface area contributed by atoms with E-state index in [1.807, 2.05) is 42.5 Å². The first-order valence-electron chi connectivity index (χ1n) is 5.47. The average molecular weight is 372 g/mol. The Morgan fingerprint density at radius 2 is 1.61 bits per heavy atom. The van der Waals surface area contributed by atoms with Crippen LogP contribution in [0.1, 0.15) is 18.6 Å². The highest BCUT2D eigenvalue weighted by Crippen LogP contribution is 2.30. The summed E-state index contributed by atoms with van der Waals surface area (Å²) >= 11 is 6.80. The van der Waals surface area contributed by atoms with Gasteiger partial charge in [-0.2, -0.15) is 0 Å². The van der Waals surface area contributed by atoms with Gasteiger partial charge in [-0.3, -0.25) is 0 Å². The van der Waals surface area contributed by atoms with Gasteiger partial charge in [0.1, 0.15) is 11.5 Å². The first-order chi connectivity index (χ1) is 8.56. The number of ether oxygens (including phenoxy) is 1. The molecule has 0 aliphatic heterocycles. The Balaban J connectivity index is 2.20. The van der Waals surface area contributed by atoms with E-state index in [0.717, 1.165) is 26.0 Å². The maximum Gasteiger partial charge on any atom is 0.128 e. The zero-order valence-corrected chi connectivity index (χ0v) is 12.9. The van der Waals surface area contributed by atoms with Gasteiger partial charge in [-0.05, 0) is 48.9 Å². The number of halogens is 2. The largest absolute Gasteiger partial charge is 0.457 e. The summed E-state index contributed by atoms with van der Waals surface area (Å²) in [6.45, 7) is 1.73. The third kappa shape index (κ3) is 3.34. The lowest BCUT2D eigenvalue weighted by molar-refractivity contribution is 0.198. The lowest BCUT2D eigenvalue weighted by Gasteiger charge is -2.10. The second-order valence-corrected chi connectivity index (χ2v) is 5.69. The normalized spacial score (nSPS) is 12.2. The Morgan fingerprint density at radius 1 is 1.00 bits per heavy atom. The molecule has 2 nitrogen and oxygen atoms in total. The molecule has 2 aromatic carbocycles. The van der Waals surface area contributed by atoms with Crippen molar-refractivity contribution < 1.29 is 9.84 Å². The van der Waals surface area contributed by atoms with Crippen molar-refractivity contribution in [2.75, 3.05) is 0 Å². The number of benzene rings is 2. The summed E-state index contributed by atoms with van der Waals surface area (Å²) in [5.41, 5.74) is 0.846. The van der Waals surface area contributed by atoms with Gasteiger partial charge in [-0.15, -0.1) is 0 Å². The molecule has 0 aromatic heterocycles. The van der Waals surface area contributed by atoms with Crippen LogP contribution in [0.5, 0.6) is 11.5 Å². The van der Waals surface area contributed by atoms with Gasteiger partial charge in [-0.25, -0.2) is 0 Å². The molecule has 0 spiro atoms. The van der Waals surface area contributed by atoms with Crippen LogP contribution in [0.2, 0.25) is 0 Å². The van der Waals surface area contributed by atoms with Crippen LogP contribution < -0.4 is 4.74 Å². The van der Waals surface area contributed by atoms with Crippen molar-refractivity contribution in [3.05, 3.63) is 57.0 Å². The van der Waals surface area contributed by atoms with Crippen LogP contribution in [0.3, 0.4) is 0 Å². The molecule has 1 atom stereocenters. The number of hydrogen-bond donors (Lipinski definition) is 1. The molecule has 0 radical (unpaired) electrons. The van der Waals surface area contributed by atoms with E-state index in [1.54, 1.807) is 6.92 Å². The lowest BCUT2D eigenvalue weighted by atomic mass is 10.1. The van der Waals surface area contributed by atoms with Crippen LogP contribution in [0.4, 0.5) is 0 Å². The fourth-order valence-electron chi connectivity index (χ4n) is 1.55. The third-order valence-electron chi connectivity index (χ3n) is 2.47. The average Bonchev–Trinajstić information content (AvgIpc) is 2.32. The minimum atomic E-state index is -0.499. The molecule has 4 heteroatoms. The molecule has 0 saturated carbocycles. The molecule has 0 aliphatic carbocycles. The SMILES string of the molecule is C[C@@H](O)c1ccc(Oc2ccc(Br)cc2)cc1Br. The van der Waals surface area contributed by atoms with Crippen molar-refractivity contribution in [3.63, 3.8) is 0 Å². The Kier molecular flexibility index (Phi) is 4.43. The first kappa shape index (κ1) is 13.6. The molecule has 0 unspecified atom stereocenters. The van der Waals surface area contributed by atoms with Crippen LogP contribution in [0, 0.1) is 0 Å². The quantitative estimate of drug-likeness (QED) is 0.817. The number of rotatable bonds is 3. The Morgan fingerprint density at radius 3 is 2.17 bits per heavy atom. The monoisotopic (exact) mass is 370 g/mol. The second kappa shape index (κ2) is 5.87. The van der Waals surface area contributed by atoms with Crippen LogP contribution in [0.15, 0.2) is 51.4 Å². The maximum absolute atomic E-state index is 9.54. The molecule has 0 bridgehead atoms. The molecule has 18 heavy (non-hydrogen) atoms. The van der Waals surface area contributed by atoms with Crippen molar-refractivity contribution in [1.82, 2.24) is 0 Å². The van der Waals surface area contributed by atoms with E-state index < -0.39 is 6.10 Å². The van der Waals surface area contributed by atoms with E-state index in [9.17, 15) is 5.11 Å². The summed E-state index contributed by atoms with van der Waals surface area (Å²) in [7, 11) is 0. The second-order valence-electron chi connectivity index (χ2n) is 3.92. The number of aliphatic hydroxyl groups is 1. The molecule has 0 saturated heterocycles. The smallest absolute Gasteiger partial charge is 0.128 e. The predicted octanol–water partition coefficient (Wildman–Crippen LogP) is 5.06. The minimum Gasteiger partial charge on any atom is -0.457 e. The maximum atomic E-state index is 9.54. The summed E-state index contributed by atoms with van der Waals surface area (Å²) in [6.07, 6.45) is -0.499. The molecule has 0 heterocycles. The summed E-state index contributed by atoms with van der Waals surface area (Å²) in [4.78, 5) is 0. The predicted molar refractivity (Wildman–Crippen MR) is 79.0 cm³/mol. The summed E-state index contributed by atoms with van der Waals surface area (Å²) in [5.74, 6) is 1.50. The van der Waals surface area contributed by atoms with Gasteiger partial charge in [0.2, 0.25) is 0 Å². The highest BCUT2D eigenvalue weighted by atomic mass is 79.9.